The van der Waals surface area contributed by atoms with Gasteiger partial charge in [0.1, 0.15) is 0 Å². The van der Waals surface area contributed by atoms with Crippen LogP contribution in [0.25, 0.3) is 0 Å². The Labute approximate surface area is 167 Å². The van der Waals surface area contributed by atoms with E-state index in [0.29, 0.717) is 6.42 Å². The Balaban J connectivity index is 1.65. The minimum atomic E-state index is -0.0229. The third kappa shape index (κ3) is 4.72. The van der Waals surface area contributed by atoms with Crippen LogP contribution in [0.3, 0.4) is 0 Å². The first-order chi connectivity index (χ1) is 13.1. The van der Waals surface area contributed by atoms with Gasteiger partial charge in [0, 0.05) is 37.3 Å². The van der Waals surface area contributed by atoms with Crippen molar-refractivity contribution in [3.05, 3.63) is 66.2 Å². The van der Waals surface area contributed by atoms with Crippen LogP contribution < -0.4 is 4.90 Å². The Morgan fingerprint density at radius 3 is 2.19 bits per heavy atom. The lowest BCUT2D eigenvalue weighted by atomic mass is 9.98. The molecule has 4 heteroatoms. The molecule has 1 saturated heterocycles. The summed E-state index contributed by atoms with van der Waals surface area (Å²) in [7, 11) is 0. The zero-order valence-corrected chi connectivity index (χ0v) is 17.0. The second kappa shape index (κ2) is 9.38. The molecular weight excluding hydrogens is 356 g/mol. The number of carbonyl (C=O) groups is 1. The highest BCUT2D eigenvalue weighted by atomic mass is 35.5. The molecule has 0 spiro atoms. The van der Waals surface area contributed by atoms with Crippen LogP contribution in [0, 0.1) is 0 Å². The predicted octanol–water partition coefficient (Wildman–Crippen LogP) is 5.26. The van der Waals surface area contributed by atoms with Crippen LogP contribution in [0.2, 0.25) is 0 Å². The molecule has 27 heavy (non-hydrogen) atoms. The fourth-order valence-corrected chi connectivity index (χ4v) is 4.27. The van der Waals surface area contributed by atoms with Gasteiger partial charge in [-0.15, -0.1) is 11.6 Å². The Morgan fingerprint density at radius 2 is 1.63 bits per heavy atom. The first kappa shape index (κ1) is 19.9. The number of likely N-dealkylation sites (tertiary alicyclic amines) is 1. The summed E-state index contributed by atoms with van der Waals surface area (Å²) in [5, 5.41) is -0.0229. The van der Waals surface area contributed by atoms with Crippen LogP contribution in [-0.2, 0) is 4.79 Å². The van der Waals surface area contributed by atoms with Crippen LogP contribution in [0.4, 0.5) is 5.69 Å². The smallest absolute Gasteiger partial charge is 0.226 e. The number of hydrogen-bond donors (Lipinski definition) is 0. The molecule has 0 aliphatic carbocycles. The summed E-state index contributed by atoms with van der Waals surface area (Å²) < 4.78 is 0. The lowest BCUT2D eigenvalue weighted by Gasteiger charge is -2.41. The van der Waals surface area contributed by atoms with Crippen molar-refractivity contribution in [2.75, 3.05) is 18.0 Å². The van der Waals surface area contributed by atoms with Crippen LogP contribution in [0.15, 0.2) is 60.7 Å². The van der Waals surface area contributed by atoms with Crippen molar-refractivity contribution >= 4 is 23.2 Å². The van der Waals surface area contributed by atoms with Gasteiger partial charge in [-0.3, -0.25) is 9.69 Å². The third-order valence-electron chi connectivity index (χ3n) is 5.59. The van der Waals surface area contributed by atoms with Crippen molar-refractivity contribution in [3.63, 3.8) is 0 Å². The molecule has 3 rings (SSSR count). The van der Waals surface area contributed by atoms with Crippen molar-refractivity contribution in [3.8, 4) is 0 Å². The maximum atomic E-state index is 12.6. The first-order valence-electron chi connectivity index (χ1n) is 9.92. The van der Waals surface area contributed by atoms with Crippen molar-refractivity contribution in [1.82, 2.24) is 4.90 Å². The molecule has 1 amide bonds. The molecule has 2 aromatic carbocycles. The summed E-state index contributed by atoms with van der Waals surface area (Å²) >= 11 is 6.75. The highest BCUT2D eigenvalue weighted by Crippen LogP contribution is 2.31. The Bertz CT molecular complexity index is 714. The SMILES string of the molecule is CCC(=O)N(c1ccccc1)C1CCN(C(C)C(Cl)c2ccccc2)CC1. The van der Waals surface area contributed by atoms with Gasteiger partial charge in [0.15, 0.2) is 0 Å². The average Bonchev–Trinajstić information content (AvgIpc) is 2.74. The number of amides is 1. The van der Waals surface area contributed by atoms with Gasteiger partial charge in [0.25, 0.3) is 0 Å². The number of rotatable bonds is 6. The van der Waals surface area contributed by atoms with E-state index >= 15 is 0 Å². The number of piperidine rings is 1. The van der Waals surface area contributed by atoms with Crippen molar-refractivity contribution in [2.24, 2.45) is 0 Å². The van der Waals surface area contributed by atoms with Crippen LogP contribution in [-0.4, -0.2) is 36.0 Å². The molecular formula is C23H29ClN2O. The Kier molecular flexibility index (Phi) is 6.92. The second-order valence-corrected chi connectivity index (χ2v) is 7.74. The lowest BCUT2D eigenvalue weighted by Crippen LogP contribution is -2.50. The van der Waals surface area contributed by atoms with Gasteiger partial charge in [-0.2, -0.15) is 0 Å². The number of hydrogen-bond acceptors (Lipinski definition) is 2. The van der Waals surface area contributed by atoms with Gasteiger partial charge < -0.3 is 4.90 Å². The van der Waals surface area contributed by atoms with Crippen LogP contribution in [0.1, 0.15) is 44.1 Å². The largest absolute Gasteiger partial charge is 0.309 e. The first-order valence-corrected chi connectivity index (χ1v) is 10.4. The number of anilines is 1. The number of alkyl halides is 1. The Hall–Kier alpha value is -1.84. The predicted molar refractivity (Wildman–Crippen MR) is 113 cm³/mol. The molecule has 1 aliphatic rings. The molecule has 0 N–H and O–H groups in total. The van der Waals surface area contributed by atoms with Crippen molar-refractivity contribution in [2.45, 2.75) is 50.6 Å². The van der Waals surface area contributed by atoms with Crippen molar-refractivity contribution < 1.29 is 4.79 Å². The summed E-state index contributed by atoms with van der Waals surface area (Å²) in [6.45, 7) is 6.06. The summed E-state index contributed by atoms with van der Waals surface area (Å²) in [5.41, 5.74) is 2.18. The number of nitrogens with zero attached hydrogens (tertiary/aromatic N) is 2. The normalized spacial score (nSPS) is 18.0. The van der Waals surface area contributed by atoms with Gasteiger partial charge >= 0.3 is 0 Å². The van der Waals surface area contributed by atoms with Gasteiger partial charge in [0.2, 0.25) is 5.91 Å². The molecule has 0 radical (unpaired) electrons. The summed E-state index contributed by atoms with van der Waals surface area (Å²) in [4.78, 5) is 17.1. The van der Waals surface area contributed by atoms with E-state index < -0.39 is 0 Å². The zero-order chi connectivity index (χ0) is 19.2. The average molecular weight is 385 g/mol. The molecule has 0 aromatic heterocycles. The zero-order valence-electron chi connectivity index (χ0n) is 16.2. The van der Waals surface area contributed by atoms with Crippen LogP contribution in [0.5, 0.6) is 0 Å². The minimum absolute atomic E-state index is 0.0229. The maximum absolute atomic E-state index is 12.6. The molecule has 2 aromatic rings. The fourth-order valence-electron chi connectivity index (χ4n) is 3.97. The quantitative estimate of drug-likeness (QED) is 0.634. The maximum Gasteiger partial charge on any atom is 0.226 e. The third-order valence-corrected chi connectivity index (χ3v) is 6.20. The highest BCUT2D eigenvalue weighted by molar-refractivity contribution is 6.21. The van der Waals surface area contributed by atoms with E-state index in [-0.39, 0.29) is 23.4 Å². The van der Waals surface area contributed by atoms with Gasteiger partial charge in [-0.05, 0) is 37.5 Å². The molecule has 1 aliphatic heterocycles. The van der Waals surface area contributed by atoms with E-state index in [1.807, 2.05) is 60.4 Å². The van der Waals surface area contributed by atoms with E-state index in [4.69, 9.17) is 11.6 Å². The van der Waals surface area contributed by atoms with E-state index in [9.17, 15) is 4.79 Å². The van der Waals surface area contributed by atoms with E-state index in [2.05, 4.69) is 24.0 Å². The molecule has 0 bridgehead atoms. The number of benzene rings is 2. The number of para-hydroxylation sites is 1. The van der Waals surface area contributed by atoms with E-state index in [1.54, 1.807) is 0 Å². The van der Waals surface area contributed by atoms with Crippen molar-refractivity contribution in [1.29, 1.82) is 0 Å². The van der Waals surface area contributed by atoms with Gasteiger partial charge in [-0.1, -0.05) is 55.5 Å². The highest BCUT2D eigenvalue weighted by Gasteiger charge is 2.32. The molecule has 2 atom stereocenters. The molecule has 1 fully saturated rings. The molecule has 1 heterocycles. The monoisotopic (exact) mass is 384 g/mol. The molecule has 2 unspecified atom stereocenters. The topological polar surface area (TPSA) is 23.6 Å². The van der Waals surface area contributed by atoms with E-state index in [1.165, 1.54) is 5.56 Å². The molecule has 3 nitrogen and oxygen atoms in total. The van der Waals surface area contributed by atoms with Gasteiger partial charge in [0.05, 0.1) is 5.38 Å². The summed E-state index contributed by atoms with van der Waals surface area (Å²) in [6.07, 6.45) is 2.48. The van der Waals surface area contributed by atoms with Crippen LogP contribution >= 0.6 is 11.6 Å². The number of halogens is 1. The van der Waals surface area contributed by atoms with Gasteiger partial charge in [-0.25, -0.2) is 0 Å². The second-order valence-electron chi connectivity index (χ2n) is 7.27. The van der Waals surface area contributed by atoms with E-state index in [0.717, 1.165) is 31.6 Å². The Morgan fingerprint density at radius 1 is 1.07 bits per heavy atom. The standard InChI is InChI=1S/C23H29ClN2O/c1-3-22(27)26(20-12-8-5-9-13-20)21-14-16-25(17-15-21)18(2)23(24)19-10-6-4-7-11-19/h4-13,18,21,23H,3,14-17H2,1-2H3. The fraction of sp³-hybridized carbons (Fsp3) is 0.435. The summed E-state index contributed by atoms with van der Waals surface area (Å²) in [5.74, 6) is 0.201. The molecule has 0 saturated carbocycles. The minimum Gasteiger partial charge on any atom is -0.309 e. The summed E-state index contributed by atoms with van der Waals surface area (Å²) in [6, 6.07) is 20.9. The lowest BCUT2D eigenvalue weighted by molar-refractivity contribution is -0.119. The molecule has 144 valence electrons. The number of carbonyl (C=O) groups excluding carboxylic acids is 1.